The maximum absolute atomic E-state index is 9.99. The molecule has 0 aliphatic heterocycles. The molecule has 0 saturated carbocycles. The molecule has 0 amide bonds. The van der Waals surface area contributed by atoms with E-state index in [1.165, 1.54) is 48.5 Å². The van der Waals surface area contributed by atoms with Crippen LogP contribution in [0.5, 0.6) is 46.0 Å². The van der Waals surface area contributed by atoms with Crippen molar-refractivity contribution >= 4 is 35.6 Å². The van der Waals surface area contributed by atoms with Crippen LogP contribution < -0.4 is 18.9 Å². The molecular weight excluding hydrogens is 620 g/mol. The molecule has 0 fully saturated rings. The maximum atomic E-state index is 9.99. The van der Waals surface area contributed by atoms with Crippen LogP contribution in [-0.2, 0) is 0 Å². The average Bonchev–Trinajstić information content (AvgIpc) is 2.94. The standard InChI is InChI=1S/4C7H6O4.H4Si/c4*8-5-3-1-2-4-6(5)11-7(9)10;/h4*1-4,8H,(H,9,10);1H4. The summed E-state index contributed by atoms with van der Waals surface area (Å²) in [5.41, 5.74) is 0. The van der Waals surface area contributed by atoms with Gasteiger partial charge in [0.05, 0.1) is 0 Å². The van der Waals surface area contributed by atoms with E-state index in [-0.39, 0.29) is 57.0 Å². The van der Waals surface area contributed by atoms with E-state index < -0.39 is 24.6 Å². The van der Waals surface area contributed by atoms with Gasteiger partial charge in [-0.1, -0.05) is 48.5 Å². The van der Waals surface area contributed by atoms with Gasteiger partial charge in [0.2, 0.25) is 0 Å². The fraction of sp³-hybridized carbons (Fsp3) is 0. The van der Waals surface area contributed by atoms with Crippen LogP contribution >= 0.6 is 0 Å². The number of hydrogen-bond acceptors (Lipinski definition) is 12. The summed E-state index contributed by atoms with van der Waals surface area (Å²) in [7, 11) is 0. The van der Waals surface area contributed by atoms with Crippen LogP contribution in [0.2, 0.25) is 0 Å². The molecule has 4 aromatic carbocycles. The van der Waals surface area contributed by atoms with E-state index in [0.717, 1.165) is 0 Å². The van der Waals surface area contributed by atoms with Gasteiger partial charge in [-0.05, 0) is 59.5 Å². The third kappa shape index (κ3) is 16.4. The second-order valence-corrected chi connectivity index (χ2v) is 7.34. The zero-order valence-corrected chi connectivity index (χ0v) is 22.1. The molecule has 0 spiro atoms. The molecule has 4 rings (SSSR count). The summed E-state index contributed by atoms with van der Waals surface area (Å²) in [5, 5.41) is 68.5. The number of phenols is 4. The first-order valence-corrected chi connectivity index (χ1v) is 11.5. The lowest BCUT2D eigenvalue weighted by atomic mass is 10.3. The van der Waals surface area contributed by atoms with Gasteiger partial charge in [-0.15, -0.1) is 0 Å². The molecule has 0 heterocycles. The monoisotopic (exact) mass is 648 g/mol. The smallest absolute Gasteiger partial charge is 0.504 e. The van der Waals surface area contributed by atoms with Crippen LogP contribution in [0.4, 0.5) is 19.2 Å². The van der Waals surface area contributed by atoms with E-state index in [4.69, 9.17) is 40.9 Å². The predicted octanol–water partition coefficient (Wildman–Crippen LogP) is 4.34. The average molecular weight is 649 g/mol. The first-order valence-electron chi connectivity index (χ1n) is 11.5. The lowest BCUT2D eigenvalue weighted by Gasteiger charge is -2.00. The van der Waals surface area contributed by atoms with E-state index in [0.29, 0.717) is 0 Å². The summed E-state index contributed by atoms with van der Waals surface area (Å²) in [6.45, 7) is 0. The first-order chi connectivity index (χ1) is 20.8. The van der Waals surface area contributed by atoms with Gasteiger partial charge in [0.15, 0.2) is 46.0 Å². The van der Waals surface area contributed by atoms with E-state index in [2.05, 4.69) is 18.9 Å². The highest BCUT2D eigenvalue weighted by Crippen LogP contribution is 2.26. The molecule has 0 unspecified atom stereocenters. The molecule has 240 valence electrons. The molecule has 0 bridgehead atoms. The molecule has 4 aromatic rings. The number of carboxylic acid groups (broad SMARTS) is 4. The second kappa shape index (κ2) is 20.3. The van der Waals surface area contributed by atoms with Crippen molar-refractivity contribution in [1.82, 2.24) is 0 Å². The molecule has 16 nitrogen and oxygen atoms in total. The van der Waals surface area contributed by atoms with Crippen molar-refractivity contribution in [2.24, 2.45) is 0 Å². The van der Waals surface area contributed by atoms with Crippen LogP contribution in [0.3, 0.4) is 0 Å². The number of carbonyl (C=O) groups is 4. The molecule has 0 aromatic heterocycles. The Hall–Kier alpha value is -6.62. The summed E-state index contributed by atoms with van der Waals surface area (Å²) in [6.07, 6.45) is -5.75. The van der Waals surface area contributed by atoms with Gasteiger partial charge in [-0.25, -0.2) is 19.2 Å². The van der Waals surface area contributed by atoms with Gasteiger partial charge in [-0.3, -0.25) is 0 Å². The van der Waals surface area contributed by atoms with Gasteiger partial charge in [0.25, 0.3) is 0 Å². The van der Waals surface area contributed by atoms with Crippen molar-refractivity contribution in [1.29, 1.82) is 0 Å². The van der Waals surface area contributed by atoms with Crippen LogP contribution in [0.25, 0.3) is 0 Å². The van der Waals surface area contributed by atoms with E-state index in [9.17, 15) is 19.2 Å². The Morgan fingerprint density at radius 2 is 0.511 bits per heavy atom. The summed E-state index contributed by atoms with van der Waals surface area (Å²) in [4.78, 5) is 40.0. The van der Waals surface area contributed by atoms with E-state index >= 15 is 0 Å². The third-order valence-corrected chi connectivity index (χ3v) is 4.25. The summed E-state index contributed by atoms with van der Waals surface area (Å²) < 4.78 is 16.8. The molecule has 17 heteroatoms. The number of hydrogen-bond donors (Lipinski definition) is 8. The number of phenolic OH excluding ortho intramolecular Hbond substituents is 4. The van der Waals surface area contributed by atoms with Crippen molar-refractivity contribution in [2.45, 2.75) is 0 Å². The second-order valence-electron chi connectivity index (χ2n) is 7.34. The highest BCUT2D eigenvalue weighted by molar-refractivity contribution is 5.75. The van der Waals surface area contributed by atoms with Crippen molar-refractivity contribution in [3.8, 4) is 46.0 Å². The zero-order chi connectivity index (χ0) is 33.1. The number of para-hydroxylation sites is 8. The van der Waals surface area contributed by atoms with Crippen molar-refractivity contribution in [3.63, 3.8) is 0 Å². The van der Waals surface area contributed by atoms with Gasteiger partial charge in [0.1, 0.15) is 0 Å². The molecule has 0 aliphatic carbocycles. The Bertz CT molecular complexity index is 1310. The summed E-state index contributed by atoms with van der Waals surface area (Å²) in [5.74, 6) is -0.963. The molecule has 8 N–H and O–H groups in total. The Kier molecular flexibility index (Phi) is 17.3. The van der Waals surface area contributed by atoms with E-state index in [1.807, 2.05) is 0 Å². The summed E-state index contributed by atoms with van der Waals surface area (Å²) in [6, 6.07) is 23.4. The Balaban J connectivity index is 0.000000569. The normalized spacial score (nSPS) is 8.89. The van der Waals surface area contributed by atoms with Gasteiger partial charge < -0.3 is 59.8 Å². The molecule has 45 heavy (non-hydrogen) atoms. The highest BCUT2D eigenvalue weighted by atomic mass is 28.1. The number of ether oxygens (including phenoxy) is 4. The minimum absolute atomic E-state index is 0. The van der Waals surface area contributed by atoms with Crippen LogP contribution in [0.15, 0.2) is 97.1 Å². The van der Waals surface area contributed by atoms with Gasteiger partial charge >= 0.3 is 24.6 Å². The zero-order valence-electron chi connectivity index (χ0n) is 22.1. The lowest BCUT2D eigenvalue weighted by molar-refractivity contribution is 0.141. The maximum Gasteiger partial charge on any atom is 0.511 e. The number of aromatic hydroxyl groups is 4. The summed E-state index contributed by atoms with van der Waals surface area (Å²) >= 11 is 0. The first kappa shape index (κ1) is 38.4. The van der Waals surface area contributed by atoms with Gasteiger partial charge in [0, 0.05) is 0 Å². The topological polar surface area (TPSA) is 267 Å². The molecule has 0 radical (unpaired) electrons. The third-order valence-electron chi connectivity index (χ3n) is 4.25. The van der Waals surface area contributed by atoms with Crippen LogP contribution in [0, 0.1) is 0 Å². The quantitative estimate of drug-likeness (QED) is 0.0868. The minimum Gasteiger partial charge on any atom is -0.504 e. The van der Waals surface area contributed by atoms with E-state index in [1.54, 1.807) is 48.5 Å². The van der Waals surface area contributed by atoms with Crippen molar-refractivity contribution in [3.05, 3.63) is 97.1 Å². The fourth-order valence-corrected chi connectivity index (χ4v) is 2.55. The van der Waals surface area contributed by atoms with Crippen LogP contribution in [0.1, 0.15) is 0 Å². The predicted molar refractivity (Wildman–Crippen MR) is 158 cm³/mol. The largest absolute Gasteiger partial charge is 0.511 e. The molecular formula is C28H28O16Si. The fourth-order valence-electron chi connectivity index (χ4n) is 2.55. The lowest BCUT2D eigenvalue weighted by Crippen LogP contribution is -2.02. The van der Waals surface area contributed by atoms with Gasteiger partial charge in [-0.2, -0.15) is 0 Å². The highest BCUT2D eigenvalue weighted by Gasteiger charge is 2.06. The minimum atomic E-state index is -1.44. The molecule has 0 aliphatic rings. The molecule has 0 saturated heterocycles. The number of benzene rings is 4. The Morgan fingerprint density at radius 3 is 0.644 bits per heavy atom. The molecule has 0 atom stereocenters. The number of rotatable bonds is 4. The van der Waals surface area contributed by atoms with Crippen molar-refractivity contribution < 1.29 is 79.0 Å². The van der Waals surface area contributed by atoms with Crippen LogP contribution in [-0.4, -0.2) is 76.4 Å². The van der Waals surface area contributed by atoms with Crippen molar-refractivity contribution in [2.75, 3.05) is 0 Å². The SMILES string of the molecule is O=C(O)Oc1ccccc1O.O=C(O)Oc1ccccc1O.O=C(O)Oc1ccccc1O.O=C(O)Oc1ccccc1O.[SiH4]. The Labute approximate surface area is 257 Å². The Morgan fingerprint density at radius 1 is 0.356 bits per heavy atom.